The summed E-state index contributed by atoms with van der Waals surface area (Å²) in [5.74, 6) is 0.981. The first-order valence-corrected chi connectivity index (χ1v) is 9.00. The van der Waals surface area contributed by atoms with Crippen molar-refractivity contribution in [1.82, 2.24) is 9.80 Å². The van der Waals surface area contributed by atoms with E-state index >= 15 is 0 Å². The summed E-state index contributed by atoms with van der Waals surface area (Å²) in [5.41, 5.74) is 1.74. The number of rotatable bonds is 4. The Balaban J connectivity index is 1.95. The van der Waals surface area contributed by atoms with E-state index in [0.717, 1.165) is 23.4 Å². The van der Waals surface area contributed by atoms with Gasteiger partial charge in [-0.3, -0.25) is 4.79 Å². The molecule has 1 saturated heterocycles. The number of ether oxygens (including phenoxy) is 1. The Labute approximate surface area is 150 Å². The van der Waals surface area contributed by atoms with E-state index in [9.17, 15) is 9.59 Å². The molecular formula is C19H29N3O3. The molecular weight excluding hydrogens is 318 g/mol. The Bertz CT molecular complexity index is 616. The van der Waals surface area contributed by atoms with Gasteiger partial charge in [0.1, 0.15) is 5.75 Å². The van der Waals surface area contributed by atoms with Crippen molar-refractivity contribution in [3.05, 3.63) is 23.8 Å². The van der Waals surface area contributed by atoms with Crippen LogP contribution in [0.1, 0.15) is 32.8 Å². The van der Waals surface area contributed by atoms with Crippen LogP contribution in [0.3, 0.4) is 0 Å². The third kappa shape index (κ3) is 5.11. The van der Waals surface area contributed by atoms with Gasteiger partial charge in [-0.1, -0.05) is 13.8 Å². The zero-order chi connectivity index (χ0) is 18.4. The van der Waals surface area contributed by atoms with Gasteiger partial charge in [-0.15, -0.1) is 0 Å². The number of anilines is 1. The minimum absolute atomic E-state index is 0.00722. The minimum atomic E-state index is -0.123. The number of hydrogen-bond donors (Lipinski definition) is 1. The molecule has 1 aliphatic rings. The fourth-order valence-corrected chi connectivity index (χ4v) is 2.95. The van der Waals surface area contributed by atoms with Crippen LogP contribution in [0.4, 0.5) is 10.5 Å². The number of hydrogen-bond acceptors (Lipinski definition) is 3. The van der Waals surface area contributed by atoms with Crippen LogP contribution >= 0.6 is 0 Å². The molecule has 1 fully saturated rings. The Morgan fingerprint density at radius 3 is 2.48 bits per heavy atom. The molecule has 1 aliphatic heterocycles. The van der Waals surface area contributed by atoms with Crippen molar-refractivity contribution >= 4 is 17.6 Å². The number of amides is 3. The average Bonchev–Trinajstić information content (AvgIpc) is 2.82. The quantitative estimate of drug-likeness (QED) is 0.910. The number of nitrogens with zero attached hydrogens (tertiary/aromatic N) is 2. The Morgan fingerprint density at radius 2 is 1.84 bits per heavy atom. The Morgan fingerprint density at radius 1 is 1.16 bits per heavy atom. The maximum atomic E-state index is 12.5. The molecule has 0 saturated carbocycles. The highest BCUT2D eigenvalue weighted by molar-refractivity contribution is 5.89. The van der Waals surface area contributed by atoms with Crippen LogP contribution in [0.5, 0.6) is 5.75 Å². The maximum Gasteiger partial charge on any atom is 0.321 e. The highest BCUT2D eigenvalue weighted by Crippen LogP contribution is 2.22. The summed E-state index contributed by atoms with van der Waals surface area (Å²) in [5, 5.41) is 2.94. The van der Waals surface area contributed by atoms with Crippen molar-refractivity contribution in [3.8, 4) is 5.75 Å². The van der Waals surface area contributed by atoms with Crippen molar-refractivity contribution in [1.29, 1.82) is 0 Å². The largest absolute Gasteiger partial charge is 0.494 e. The molecule has 6 nitrogen and oxygen atoms in total. The number of nitrogens with one attached hydrogen (secondary N) is 1. The number of benzene rings is 1. The van der Waals surface area contributed by atoms with Crippen LogP contribution in [0.25, 0.3) is 0 Å². The van der Waals surface area contributed by atoms with Crippen LogP contribution in [-0.4, -0.2) is 54.5 Å². The van der Waals surface area contributed by atoms with Crippen LogP contribution < -0.4 is 10.1 Å². The maximum absolute atomic E-state index is 12.5. The van der Waals surface area contributed by atoms with Crippen molar-refractivity contribution in [2.45, 2.75) is 34.1 Å². The lowest BCUT2D eigenvalue weighted by molar-refractivity contribution is -0.134. The van der Waals surface area contributed by atoms with Gasteiger partial charge in [0, 0.05) is 37.8 Å². The molecule has 2 rings (SSSR count). The molecule has 1 N–H and O–H groups in total. The molecule has 1 heterocycles. The minimum Gasteiger partial charge on any atom is -0.494 e. The summed E-state index contributed by atoms with van der Waals surface area (Å²) in [6, 6.07) is 5.51. The van der Waals surface area contributed by atoms with Crippen LogP contribution in [0, 0.1) is 12.8 Å². The van der Waals surface area contributed by atoms with E-state index in [1.165, 1.54) is 0 Å². The molecule has 6 heteroatoms. The first kappa shape index (κ1) is 19.1. The van der Waals surface area contributed by atoms with Gasteiger partial charge in [0.15, 0.2) is 0 Å². The lowest BCUT2D eigenvalue weighted by Gasteiger charge is -2.23. The smallest absolute Gasteiger partial charge is 0.321 e. The zero-order valence-corrected chi connectivity index (χ0v) is 15.7. The molecule has 0 unspecified atom stereocenters. The number of carbonyl (C=O) groups is 2. The lowest BCUT2D eigenvalue weighted by atomic mass is 10.2. The van der Waals surface area contributed by atoms with Gasteiger partial charge < -0.3 is 19.9 Å². The molecule has 0 aromatic heterocycles. The molecule has 0 aliphatic carbocycles. The first-order valence-electron chi connectivity index (χ1n) is 9.00. The van der Waals surface area contributed by atoms with E-state index in [0.29, 0.717) is 32.8 Å². The molecule has 0 atom stereocenters. The monoisotopic (exact) mass is 347 g/mol. The van der Waals surface area contributed by atoms with E-state index in [1.807, 2.05) is 50.8 Å². The Hall–Kier alpha value is -2.24. The zero-order valence-electron chi connectivity index (χ0n) is 15.7. The molecule has 0 radical (unpaired) electrons. The fraction of sp³-hybridized carbons (Fsp3) is 0.579. The molecule has 1 aromatic rings. The predicted octanol–water partition coefficient (Wildman–Crippen LogP) is 3.12. The van der Waals surface area contributed by atoms with Gasteiger partial charge in [0.25, 0.3) is 0 Å². The molecule has 138 valence electrons. The summed E-state index contributed by atoms with van der Waals surface area (Å²) in [6.07, 6.45) is 0.800. The van der Waals surface area contributed by atoms with Crippen molar-refractivity contribution in [2.75, 3.05) is 38.1 Å². The van der Waals surface area contributed by atoms with Crippen molar-refractivity contribution in [3.63, 3.8) is 0 Å². The molecule has 0 bridgehead atoms. The Kier molecular flexibility index (Phi) is 6.67. The fourth-order valence-electron chi connectivity index (χ4n) is 2.95. The average molecular weight is 347 g/mol. The van der Waals surface area contributed by atoms with Crippen LogP contribution in [-0.2, 0) is 4.79 Å². The van der Waals surface area contributed by atoms with E-state index < -0.39 is 0 Å². The second kappa shape index (κ2) is 8.74. The molecule has 3 amide bonds. The number of aryl methyl sites for hydroxylation is 1. The highest BCUT2D eigenvalue weighted by atomic mass is 16.5. The third-order valence-corrected chi connectivity index (χ3v) is 4.31. The van der Waals surface area contributed by atoms with Gasteiger partial charge >= 0.3 is 6.03 Å². The van der Waals surface area contributed by atoms with Crippen LogP contribution in [0.2, 0.25) is 0 Å². The molecule has 1 aromatic carbocycles. The van der Waals surface area contributed by atoms with Gasteiger partial charge in [0.2, 0.25) is 5.91 Å². The molecule has 25 heavy (non-hydrogen) atoms. The first-order chi connectivity index (χ1) is 11.9. The lowest BCUT2D eigenvalue weighted by Crippen LogP contribution is -2.40. The van der Waals surface area contributed by atoms with E-state index in [-0.39, 0.29) is 17.9 Å². The molecule has 0 spiro atoms. The number of urea groups is 1. The van der Waals surface area contributed by atoms with Gasteiger partial charge in [-0.25, -0.2) is 4.79 Å². The summed E-state index contributed by atoms with van der Waals surface area (Å²) in [6.45, 7) is 10.9. The SMILES string of the molecule is CCOc1ccc(NC(=O)N2CCCN(C(=O)C(C)C)CC2)cc1C. The van der Waals surface area contributed by atoms with Crippen molar-refractivity contribution < 1.29 is 14.3 Å². The van der Waals surface area contributed by atoms with Gasteiger partial charge in [-0.05, 0) is 44.0 Å². The standard InChI is InChI=1S/C19H29N3O3/c1-5-25-17-8-7-16(13-15(17)4)20-19(24)22-10-6-9-21(11-12-22)18(23)14(2)3/h7-8,13-14H,5-6,9-12H2,1-4H3,(H,20,24). The van der Waals surface area contributed by atoms with Gasteiger partial charge in [-0.2, -0.15) is 0 Å². The summed E-state index contributed by atoms with van der Waals surface area (Å²) in [7, 11) is 0. The second-order valence-corrected chi connectivity index (χ2v) is 6.66. The van der Waals surface area contributed by atoms with E-state index in [1.54, 1.807) is 4.90 Å². The van der Waals surface area contributed by atoms with E-state index in [4.69, 9.17) is 4.74 Å². The summed E-state index contributed by atoms with van der Waals surface area (Å²) < 4.78 is 5.52. The van der Waals surface area contributed by atoms with Gasteiger partial charge in [0.05, 0.1) is 6.61 Å². The second-order valence-electron chi connectivity index (χ2n) is 6.66. The summed E-state index contributed by atoms with van der Waals surface area (Å²) >= 11 is 0. The van der Waals surface area contributed by atoms with E-state index in [2.05, 4.69) is 5.32 Å². The van der Waals surface area contributed by atoms with Crippen molar-refractivity contribution in [2.24, 2.45) is 5.92 Å². The number of carbonyl (C=O) groups excluding carboxylic acids is 2. The topological polar surface area (TPSA) is 61.9 Å². The summed E-state index contributed by atoms with van der Waals surface area (Å²) in [4.78, 5) is 28.3. The third-order valence-electron chi connectivity index (χ3n) is 4.31. The van der Waals surface area contributed by atoms with Crippen LogP contribution in [0.15, 0.2) is 18.2 Å². The normalized spacial score (nSPS) is 15.1. The highest BCUT2D eigenvalue weighted by Gasteiger charge is 2.23. The predicted molar refractivity (Wildman–Crippen MR) is 99.0 cm³/mol.